The molecular formula is C14H16N2O2. The summed E-state index contributed by atoms with van der Waals surface area (Å²) in [6, 6.07) is 7.14. The molecule has 2 aromatic rings. The fourth-order valence-electron chi connectivity index (χ4n) is 1.87. The minimum Gasteiger partial charge on any atom is -0.508 e. The van der Waals surface area contributed by atoms with E-state index in [0.717, 1.165) is 18.4 Å². The number of hydrogen-bond donors (Lipinski definition) is 1. The highest BCUT2D eigenvalue weighted by atomic mass is 16.3. The first-order valence-electron chi connectivity index (χ1n) is 5.95. The van der Waals surface area contributed by atoms with Crippen LogP contribution in [0.2, 0.25) is 0 Å². The molecule has 2 rings (SSSR count). The van der Waals surface area contributed by atoms with Gasteiger partial charge in [-0.15, -0.1) is 0 Å². The van der Waals surface area contributed by atoms with Gasteiger partial charge in [-0.05, 0) is 30.5 Å². The summed E-state index contributed by atoms with van der Waals surface area (Å²) < 4.78 is 1.63. The summed E-state index contributed by atoms with van der Waals surface area (Å²) in [5.41, 5.74) is 1.71. The van der Waals surface area contributed by atoms with Crippen molar-refractivity contribution in [2.45, 2.75) is 19.3 Å². The van der Waals surface area contributed by atoms with Crippen LogP contribution in [0.5, 0.6) is 5.75 Å². The molecule has 0 unspecified atom stereocenters. The number of phenolic OH excluding ortho intramolecular Hbond substituents is 1. The lowest BCUT2D eigenvalue weighted by atomic mass is 10.0. The molecule has 1 heterocycles. The lowest BCUT2D eigenvalue weighted by molar-refractivity contribution is 0.0980. The Labute approximate surface area is 106 Å². The Balaban J connectivity index is 1.84. The summed E-state index contributed by atoms with van der Waals surface area (Å²) in [5, 5.41) is 13.3. The highest BCUT2D eigenvalue weighted by molar-refractivity contribution is 5.95. The Morgan fingerprint density at radius 3 is 2.94 bits per heavy atom. The molecule has 0 aliphatic rings. The van der Waals surface area contributed by atoms with Crippen molar-refractivity contribution in [2.24, 2.45) is 7.05 Å². The predicted octanol–water partition coefficient (Wildman–Crippen LogP) is 2.33. The summed E-state index contributed by atoms with van der Waals surface area (Å²) in [4.78, 5) is 11.8. The number of aromatic nitrogens is 2. The third-order valence-corrected chi connectivity index (χ3v) is 2.81. The molecule has 1 aromatic carbocycles. The van der Waals surface area contributed by atoms with E-state index in [2.05, 4.69) is 5.10 Å². The van der Waals surface area contributed by atoms with E-state index in [1.165, 1.54) is 0 Å². The van der Waals surface area contributed by atoms with E-state index < -0.39 is 0 Å². The number of nitrogens with zero attached hydrogens (tertiary/aromatic N) is 2. The largest absolute Gasteiger partial charge is 0.508 e. The van der Waals surface area contributed by atoms with Crippen molar-refractivity contribution < 1.29 is 9.90 Å². The zero-order valence-corrected chi connectivity index (χ0v) is 10.3. The van der Waals surface area contributed by atoms with E-state index in [-0.39, 0.29) is 11.5 Å². The Bertz CT molecular complexity index is 546. The third kappa shape index (κ3) is 3.20. The molecule has 0 saturated carbocycles. The van der Waals surface area contributed by atoms with Crippen molar-refractivity contribution in [3.8, 4) is 5.75 Å². The van der Waals surface area contributed by atoms with E-state index >= 15 is 0 Å². The van der Waals surface area contributed by atoms with Gasteiger partial charge in [0.15, 0.2) is 5.78 Å². The normalized spacial score (nSPS) is 10.5. The van der Waals surface area contributed by atoms with Gasteiger partial charge in [-0.25, -0.2) is 0 Å². The first-order chi connectivity index (χ1) is 8.65. The summed E-state index contributed by atoms with van der Waals surface area (Å²) in [7, 11) is 1.80. The molecule has 0 amide bonds. The van der Waals surface area contributed by atoms with Gasteiger partial charge in [0.05, 0.1) is 11.8 Å². The number of aryl methyl sites for hydroxylation is 2. The van der Waals surface area contributed by atoms with Crippen molar-refractivity contribution >= 4 is 5.78 Å². The number of benzene rings is 1. The standard InChI is InChI=1S/C14H16N2O2/c1-16-10-12(9-15-16)14(18)7-3-5-11-4-2-6-13(17)8-11/h2,4,6,8-10,17H,3,5,7H2,1H3. The molecule has 0 saturated heterocycles. The zero-order valence-electron chi connectivity index (χ0n) is 10.3. The molecule has 4 nitrogen and oxygen atoms in total. The van der Waals surface area contributed by atoms with Gasteiger partial charge in [-0.3, -0.25) is 9.48 Å². The molecule has 4 heteroatoms. The van der Waals surface area contributed by atoms with Crippen molar-refractivity contribution in [2.75, 3.05) is 0 Å². The van der Waals surface area contributed by atoms with Crippen LogP contribution in [0.3, 0.4) is 0 Å². The van der Waals surface area contributed by atoms with Crippen LogP contribution >= 0.6 is 0 Å². The van der Waals surface area contributed by atoms with Gasteiger partial charge in [-0.1, -0.05) is 12.1 Å². The summed E-state index contributed by atoms with van der Waals surface area (Å²) in [6.07, 6.45) is 5.40. The molecule has 94 valence electrons. The Morgan fingerprint density at radius 2 is 2.28 bits per heavy atom. The molecular weight excluding hydrogens is 228 g/mol. The van der Waals surface area contributed by atoms with E-state index in [1.54, 1.807) is 36.3 Å². The quantitative estimate of drug-likeness (QED) is 0.821. The second-order valence-electron chi connectivity index (χ2n) is 4.35. The van der Waals surface area contributed by atoms with Gasteiger partial charge < -0.3 is 5.11 Å². The van der Waals surface area contributed by atoms with Crippen LogP contribution in [0.25, 0.3) is 0 Å². The lowest BCUT2D eigenvalue weighted by Crippen LogP contribution is -1.98. The maximum Gasteiger partial charge on any atom is 0.166 e. The van der Waals surface area contributed by atoms with Crippen LogP contribution in [0.4, 0.5) is 0 Å². The number of carbonyl (C=O) groups excluding carboxylic acids is 1. The number of aromatic hydroxyl groups is 1. The summed E-state index contributed by atoms with van der Waals surface area (Å²) in [5.74, 6) is 0.384. The van der Waals surface area contributed by atoms with E-state index in [1.807, 2.05) is 12.1 Å². The number of Topliss-reactive ketones (excluding diaryl/α,β-unsaturated/α-hetero) is 1. The molecule has 1 aromatic heterocycles. The zero-order chi connectivity index (χ0) is 13.0. The number of phenols is 1. The van der Waals surface area contributed by atoms with Crippen molar-refractivity contribution in [1.82, 2.24) is 9.78 Å². The maximum absolute atomic E-state index is 11.8. The molecule has 1 N–H and O–H groups in total. The van der Waals surface area contributed by atoms with E-state index in [9.17, 15) is 9.90 Å². The van der Waals surface area contributed by atoms with Crippen molar-refractivity contribution in [3.63, 3.8) is 0 Å². The summed E-state index contributed by atoms with van der Waals surface area (Å²) >= 11 is 0. The van der Waals surface area contributed by atoms with Gasteiger partial charge >= 0.3 is 0 Å². The molecule has 0 atom stereocenters. The third-order valence-electron chi connectivity index (χ3n) is 2.81. The second kappa shape index (κ2) is 5.49. The van der Waals surface area contributed by atoms with Crippen LogP contribution in [0, 0.1) is 0 Å². The predicted molar refractivity (Wildman–Crippen MR) is 68.6 cm³/mol. The van der Waals surface area contributed by atoms with Crippen LogP contribution < -0.4 is 0 Å². The molecule has 0 fully saturated rings. The van der Waals surface area contributed by atoms with Crippen LogP contribution in [-0.4, -0.2) is 20.7 Å². The SMILES string of the molecule is Cn1cc(C(=O)CCCc2cccc(O)c2)cn1. The monoisotopic (exact) mass is 244 g/mol. The molecule has 0 aliphatic heterocycles. The van der Waals surface area contributed by atoms with E-state index in [4.69, 9.17) is 0 Å². The fourth-order valence-corrected chi connectivity index (χ4v) is 1.87. The van der Waals surface area contributed by atoms with Gasteiger partial charge in [0.2, 0.25) is 0 Å². The maximum atomic E-state index is 11.8. The van der Waals surface area contributed by atoms with Gasteiger partial charge in [0.1, 0.15) is 5.75 Å². The molecule has 0 bridgehead atoms. The Hall–Kier alpha value is -2.10. The lowest BCUT2D eigenvalue weighted by Gasteiger charge is -2.01. The minimum absolute atomic E-state index is 0.114. The Morgan fingerprint density at radius 1 is 1.44 bits per heavy atom. The topological polar surface area (TPSA) is 55.1 Å². The van der Waals surface area contributed by atoms with Crippen molar-refractivity contribution in [1.29, 1.82) is 0 Å². The number of ketones is 1. The van der Waals surface area contributed by atoms with Crippen molar-refractivity contribution in [3.05, 3.63) is 47.8 Å². The fraction of sp³-hybridized carbons (Fsp3) is 0.286. The molecule has 0 radical (unpaired) electrons. The summed E-state index contributed by atoms with van der Waals surface area (Å²) in [6.45, 7) is 0. The first-order valence-corrected chi connectivity index (χ1v) is 5.95. The molecule has 0 aliphatic carbocycles. The van der Waals surface area contributed by atoms with Gasteiger partial charge in [0, 0.05) is 19.7 Å². The number of carbonyl (C=O) groups is 1. The van der Waals surface area contributed by atoms with Gasteiger partial charge in [0.25, 0.3) is 0 Å². The average molecular weight is 244 g/mol. The number of rotatable bonds is 5. The van der Waals surface area contributed by atoms with Gasteiger partial charge in [-0.2, -0.15) is 5.10 Å². The number of hydrogen-bond acceptors (Lipinski definition) is 3. The highest BCUT2D eigenvalue weighted by Gasteiger charge is 2.07. The Kier molecular flexibility index (Phi) is 3.77. The highest BCUT2D eigenvalue weighted by Crippen LogP contribution is 2.14. The van der Waals surface area contributed by atoms with Crippen LogP contribution in [0.15, 0.2) is 36.7 Å². The molecule has 0 spiro atoms. The smallest absolute Gasteiger partial charge is 0.166 e. The van der Waals surface area contributed by atoms with Crippen LogP contribution in [0.1, 0.15) is 28.8 Å². The van der Waals surface area contributed by atoms with Crippen LogP contribution in [-0.2, 0) is 13.5 Å². The average Bonchev–Trinajstić information content (AvgIpc) is 2.76. The molecule has 18 heavy (non-hydrogen) atoms. The minimum atomic E-state index is 0.114. The first kappa shape index (κ1) is 12.4. The second-order valence-corrected chi connectivity index (χ2v) is 4.35. The van der Waals surface area contributed by atoms with E-state index in [0.29, 0.717) is 12.0 Å².